The molecule has 5 heterocycles. The van der Waals surface area contributed by atoms with Crippen LogP contribution in [0.1, 0.15) is 75.1 Å². The highest BCUT2D eigenvalue weighted by atomic mass is 19.1. The summed E-state index contributed by atoms with van der Waals surface area (Å²) in [4.78, 5) is 27.7. The molecule has 3 aliphatic rings. The molecular weight excluding hydrogens is 605 g/mol. The van der Waals surface area contributed by atoms with Gasteiger partial charge in [0.2, 0.25) is 0 Å². The van der Waals surface area contributed by atoms with Gasteiger partial charge in [0.25, 0.3) is 5.91 Å². The predicted molar refractivity (Wildman–Crippen MR) is 187 cm³/mol. The van der Waals surface area contributed by atoms with Gasteiger partial charge in [0, 0.05) is 75.6 Å². The fourth-order valence-corrected chi connectivity index (χ4v) is 7.98. The van der Waals surface area contributed by atoms with Gasteiger partial charge in [0.1, 0.15) is 11.6 Å². The molecule has 0 aliphatic carbocycles. The Labute approximate surface area is 285 Å². The van der Waals surface area contributed by atoms with Crippen LogP contribution in [0, 0.1) is 30.0 Å². The monoisotopic (exact) mass is 657 g/mol. The first-order valence-corrected chi connectivity index (χ1v) is 17.8. The fraction of sp³-hybridized carbons (Fsp3) is 0.605. The summed E-state index contributed by atoms with van der Waals surface area (Å²) in [7, 11) is 0. The predicted octanol–water partition coefficient (Wildman–Crippen LogP) is 5.43. The van der Waals surface area contributed by atoms with E-state index < -0.39 is 11.4 Å². The highest BCUT2D eigenvalue weighted by Gasteiger charge is 2.45. The summed E-state index contributed by atoms with van der Waals surface area (Å²) < 4.78 is 22.1. The van der Waals surface area contributed by atoms with Gasteiger partial charge in [-0.25, -0.2) is 9.37 Å². The molecule has 6 rings (SSSR count). The maximum absolute atomic E-state index is 14.6. The van der Waals surface area contributed by atoms with E-state index in [1.165, 1.54) is 17.7 Å². The smallest absolute Gasteiger partial charge is 0.254 e. The Morgan fingerprint density at radius 3 is 2.46 bits per heavy atom. The van der Waals surface area contributed by atoms with E-state index in [1.54, 1.807) is 11.0 Å². The molecule has 0 N–H and O–H groups in total. The van der Waals surface area contributed by atoms with Crippen molar-refractivity contribution in [2.75, 3.05) is 65.6 Å². The van der Waals surface area contributed by atoms with Crippen LogP contribution in [0.25, 0.3) is 16.6 Å². The van der Waals surface area contributed by atoms with Gasteiger partial charge in [0.05, 0.1) is 36.6 Å². The maximum Gasteiger partial charge on any atom is 0.254 e. The van der Waals surface area contributed by atoms with E-state index in [4.69, 9.17) is 4.74 Å². The van der Waals surface area contributed by atoms with Crippen LogP contribution >= 0.6 is 0 Å². The number of piperazine rings is 1. The number of amides is 1. The van der Waals surface area contributed by atoms with Gasteiger partial charge in [0.15, 0.2) is 5.54 Å². The first-order valence-electron chi connectivity index (χ1n) is 17.8. The van der Waals surface area contributed by atoms with Gasteiger partial charge in [-0.1, -0.05) is 19.9 Å². The van der Waals surface area contributed by atoms with Gasteiger partial charge in [-0.2, -0.15) is 5.26 Å². The SMILES string of the molecule is CCN(C(=O)c1cc(F)ccc1-c1cc(C2CN([C@H](CCCN3CCN(C4(C#N)COC4)CC3)C(C)C)C2)cn2c(C)ncc12)C(C)C. The molecule has 0 spiro atoms. The van der Waals surface area contributed by atoms with Crippen LogP contribution in [-0.2, 0) is 4.74 Å². The van der Waals surface area contributed by atoms with Crippen molar-refractivity contribution < 1.29 is 13.9 Å². The number of benzene rings is 1. The summed E-state index contributed by atoms with van der Waals surface area (Å²) in [5.41, 5.74) is 3.80. The van der Waals surface area contributed by atoms with Crippen LogP contribution in [0.4, 0.5) is 4.39 Å². The lowest BCUT2D eigenvalue weighted by atomic mass is 9.85. The number of carbonyl (C=O) groups excluding carboxylic acids is 1. The number of fused-ring (bicyclic) bond motifs is 1. The Hall–Kier alpha value is -3.36. The number of pyridine rings is 1. The Balaban J connectivity index is 1.14. The maximum atomic E-state index is 14.6. The zero-order valence-corrected chi connectivity index (χ0v) is 29.6. The van der Waals surface area contributed by atoms with Gasteiger partial charge < -0.3 is 18.9 Å². The van der Waals surface area contributed by atoms with Crippen molar-refractivity contribution in [2.45, 2.75) is 77.9 Å². The number of carbonyl (C=O) groups is 1. The van der Waals surface area contributed by atoms with Crippen molar-refractivity contribution in [3.8, 4) is 17.2 Å². The second-order valence-electron chi connectivity index (χ2n) is 14.7. The Kier molecular flexibility index (Phi) is 10.2. The fourth-order valence-electron chi connectivity index (χ4n) is 7.98. The number of hydrogen-bond acceptors (Lipinski definition) is 7. The molecule has 10 heteroatoms. The largest absolute Gasteiger partial charge is 0.375 e. The van der Waals surface area contributed by atoms with Gasteiger partial charge in [-0.05, 0) is 82.3 Å². The standard InChI is InChI=1S/C38H52FN7O2/c1-7-45(27(4)5)37(47)34-18-31(39)10-11-32(34)33-17-29(22-46-28(6)41-19-36(33)46)30-20-43(21-30)35(26(2)3)9-8-12-42-13-15-44(16-14-42)38(23-40)24-48-25-38/h10-11,17-19,22,26-27,30,35H,7-9,12-16,20-21,24-25H2,1-6H3/t35-/m1/s1. The van der Waals surface area contributed by atoms with Gasteiger partial charge in [-0.3, -0.25) is 14.6 Å². The van der Waals surface area contributed by atoms with E-state index in [9.17, 15) is 14.4 Å². The minimum Gasteiger partial charge on any atom is -0.375 e. The molecule has 0 unspecified atom stereocenters. The lowest BCUT2D eigenvalue weighted by Gasteiger charge is -2.48. The minimum absolute atomic E-state index is 0.00621. The number of aryl methyl sites for hydroxylation is 1. The van der Waals surface area contributed by atoms with E-state index >= 15 is 0 Å². The van der Waals surface area contributed by atoms with Crippen LogP contribution in [-0.4, -0.2) is 118 Å². The molecule has 3 saturated heterocycles. The normalized spacial score (nSPS) is 19.8. The van der Waals surface area contributed by atoms with Crippen LogP contribution in [0.3, 0.4) is 0 Å². The van der Waals surface area contributed by atoms with E-state index in [0.29, 0.717) is 43.2 Å². The third-order valence-corrected chi connectivity index (χ3v) is 11.0. The molecule has 9 nitrogen and oxygen atoms in total. The number of nitriles is 1. The number of aromatic nitrogens is 2. The quantitative estimate of drug-likeness (QED) is 0.257. The number of imidazole rings is 1. The summed E-state index contributed by atoms with van der Waals surface area (Å²) in [5, 5.41) is 9.66. The molecule has 1 aromatic carbocycles. The molecule has 48 heavy (non-hydrogen) atoms. The summed E-state index contributed by atoms with van der Waals surface area (Å²) in [6, 6.07) is 9.83. The molecule has 0 saturated carbocycles. The average molecular weight is 658 g/mol. The topological polar surface area (TPSA) is 80.4 Å². The summed E-state index contributed by atoms with van der Waals surface area (Å²) >= 11 is 0. The Bertz CT molecular complexity index is 1640. The van der Waals surface area contributed by atoms with Crippen molar-refractivity contribution in [2.24, 2.45) is 5.92 Å². The molecule has 2 aromatic heterocycles. The number of hydrogen-bond donors (Lipinski definition) is 0. The summed E-state index contributed by atoms with van der Waals surface area (Å²) in [5.74, 6) is 1.25. The highest BCUT2D eigenvalue weighted by Crippen LogP contribution is 2.37. The van der Waals surface area contributed by atoms with E-state index in [1.807, 2.05) is 33.9 Å². The molecule has 3 aromatic rings. The lowest BCUT2D eigenvalue weighted by Crippen LogP contribution is -2.65. The zero-order chi connectivity index (χ0) is 34.2. The number of likely N-dealkylation sites (tertiary alicyclic amines) is 1. The molecule has 1 amide bonds. The van der Waals surface area contributed by atoms with Crippen molar-refractivity contribution in [3.05, 3.63) is 59.4 Å². The average Bonchev–Trinajstić information content (AvgIpc) is 3.40. The molecule has 1 atom stereocenters. The van der Waals surface area contributed by atoms with Crippen molar-refractivity contribution in [3.63, 3.8) is 0 Å². The van der Waals surface area contributed by atoms with Crippen LogP contribution in [0.2, 0.25) is 0 Å². The van der Waals surface area contributed by atoms with Crippen molar-refractivity contribution >= 4 is 11.4 Å². The zero-order valence-electron chi connectivity index (χ0n) is 29.6. The summed E-state index contributed by atoms with van der Waals surface area (Å²) in [6.07, 6.45) is 6.39. The molecule has 0 bridgehead atoms. The minimum atomic E-state index is -0.411. The van der Waals surface area contributed by atoms with E-state index in [0.717, 1.165) is 81.1 Å². The highest BCUT2D eigenvalue weighted by molar-refractivity contribution is 6.03. The second-order valence-corrected chi connectivity index (χ2v) is 14.7. The third-order valence-electron chi connectivity index (χ3n) is 11.0. The number of rotatable bonds is 12. The molecule has 0 radical (unpaired) electrons. The van der Waals surface area contributed by atoms with Crippen molar-refractivity contribution in [1.82, 2.24) is 29.0 Å². The number of halogens is 1. The second kappa shape index (κ2) is 14.2. The van der Waals surface area contributed by atoms with E-state index in [2.05, 4.69) is 56.3 Å². The number of ether oxygens (including phenoxy) is 1. The van der Waals surface area contributed by atoms with Crippen LogP contribution in [0.15, 0.2) is 36.7 Å². The van der Waals surface area contributed by atoms with Crippen LogP contribution in [0.5, 0.6) is 0 Å². The Morgan fingerprint density at radius 1 is 1.12 bits per heavy atom. The van der Waals surface area contributed by atoms with Gasteiger partial charge in [-0.15, -0.1) is 0 Å². The summed E-state index contributed by atoms with van der Waals surface area (Å²) in [6.45, 7) is 21.2. The molecule has 3 fully saturated rings. The number of nitrogens with zero attached hydrogens (tertiary/aromatic N) is 7. The van der Waals surface area contributed by atoms with Crippen molar-refractivity contribution in [1.29, 1.82) is 5.26 Å². The third kappa shape index (κ3) is 6.62. The molecular formula is C38H52FN7O2. The Morgan fingerprint density at radius 2 is 1.85 bits per heavy atom. The van der Waals surface area contributed by atoms with Crippen LogP contribution < -0.4 is 0 Å². The van der Waals surface area contributed by atoms with E-state index in [-0.39, 0.29) is 11.9 Å². The molecule has 3 aliphatic heterocycles. The first-order chi connectivity index (χ1) is 23.0. The molecule has 258 valence electrons. The lowest BCUT2D eigenvalue weighted by molar-refractivity contribution is -0.118. The van der Waals surface area contributed by atoms with Gasteiger partial charge >= 0.3 is 0 Å². The first kappa shape index (κ1) is 34.5.